The molecular formula is C23H20O2. The van der Waals surface area contributed by atoms with Crippen molar-refractivity contribution >= 4 is 33.1 Å². The molecule has 0 bridgehead atoms. The van der Waals surface area contributed by atoms with Gasteiger partial charge in [0.05, 0.1) is 0 Å². The van der Waals surface area contributed by atoms with Gasteiger partial charge in [-0.25, -0.2) is 0 Å². The molecule has 1 aliphatic rings. The van der Waals surface area contributed by atoms with Crippen molar-refractivity contribution in [1.82, 2.24) is 0 Å². The van der Waals surface area contributed by atoms with Crippen LogP contribution >= 0.6 is 0 Å². The van der Waals surface area contributed by atoms with Gasteiger partial charge < -0.3 is 8.83 Å². The summed E-state index contributed by atoms with van der Waals surface area (Å²) >= 11 is 0. The van der Waals surface area contributed by atoms with Gasteiger partial charge in [0.15, 0.2) is 0 Å². The van der Waals surface area contributed by atoms with Gasteiger partial charge in [0.2, 0.25) is 0 Å². The molecule has 0 N–H and O–H groups in total. The zero-order chi connectivity index (χ0) is 17.0. The Morgan fingerprint density at radius 2 is 1.08 bits per heavy atom. The number of hydrogen-bond acceptors (Lipinski definition) is 2. The molecule has 0 unspecified atom stereocenters. The Kier molecular flexibility index (Phi) is 3.14. The van der Waals surface area contributed by atoms with E-state index in [0.29, 0.717) is 0 Å². The number of aryl methyl sites for hydroxylation is 2. The fourth-order valence-electron chi connectivity index (χ4n) is 4.17. The summed E-state index contributed by atoms with van der Waals surface area (Å²) < 4.78 is 12.5. The molecule has 0 amide bonds. The Hall–Kier alpha value is -2.74. The second-order valence-electron chi connectivity index (χ2n) is 6.92. The van der Waals surface area contributed by atoms with Crippen molar-refractivity contribution in [3.05, 3.63) is 71.2 Å². The average Bonchev–Trinajstić information content (AvgIpc) is 3.32. The van der Waals surface area contributed by atoms with Gasteiger partial charge in [-0.05, 0) is 45.2 Å². The minimum atomic E-state index is 0.968. The lowest BCUT2D eigenvalue weighted by molar-refractivity contribution is 0.589. The number of benzene rings is 2. The van der Waals surface area contributed by atoms with Crippen molar-refractivity contribution in [3.8, 4) is 0 Å². The molecule has 2 aromatic heterocycles. The minimum Gasteiger partial charge on any atom is -0.456 e. The third kappa shape index (κ3) is 2.10. The van der Waals surface area contributed by atoms with E-state index in [1.54, 1.807) is 0 Å². The van der Waals surface area contributed by atoms with Crippen LogP contribution in [-0.2, 0) is 0 Å². The molecule has 2 heteroatoms. The van der Waals surface area contributed by atoms with Crippen LogP contribution in [0, 0.1) is 13.8 Å². The van der Waals surface area contributed by atoms with Crippen LogP contribution in [-0.4, -0.2) is 0 Å². The third-order valence-electron chi connectivity index (χ3n) is 5.45. The zero-order valence-electron chi connectivity index (χ0n) is 14.6. The molecule has 1 aliphatic carbocycles. The first-order valence-corrected chi connectivity index (χ1v) is 8.93. The maximum atomic E-state index is 6.25. The van der Waals surface area contributed by atoms with Gasteiger partial charge >= 0.3 is 0 Å². The molecule has 0 aliphatic heterocycles. The van der Waals surface area contributed by atoms with Crippen molar-refractivity contribution in [3.63, 3.8) is 0 Å². The van der Waals surface area contributed by atoms with E-state index < -0.39 is 0 Å². The first-order valence-electron chi connectivity index (χ1n) is 8.93. The number of rotatable bonds is 2. The molecule has 5 rings (SSSR count). The summed E-state index contributed by atoms with van der Waals surface area (Å²) in [6.07, 6.45) is 3.25. The quantitative estimate of drug-likeness (QED) is 0.400. The highest BCUT2D eigenvalue weighted by Crippen LogP contribution is 2.45. The smallest absolute Gasteiger partial charge is 0.135 e. The summed E-state index contributed by atoms with van der Waals surface area (Å²) in [6, 6.07) is 16.6. The zero-order valence-corrected chi connectivity index (χ0v) is 14.6. The molecule has 124 valence electrons. The highest BCUT2D eigenvalue weighted by atomic mass is 16.3. The first kappa shape index (κ1) is 14.6. The van der Waals surface area contributed by atoms with E-state index in [4.69, 9.17) is 8.83 Å². The maximum absolute atomic E-state index is 6.25. The van der Waals surface area contributed by atoms with Gasteiger partial charge in [-0.15, -0.1) is 0 Å². The van der Waals surface area contributed by atoms with E-state index in [2.05, 4.69) is 38.1 Å². The van der Waals surface area contributed by atoms with Crippen LogP contribution in [0.25, 0.3) is 33.1 Å². The minimum absolute atomic E-state index is 0.968. The molecule has 0 spiro atoms. The third-order valence-corrected chi connectivity index (χ3v) is 5.45. The number of para-hydroxylation sites is 2. The standard InChI is InChI=1S/C23H20O2/c1-14-16-8-3-5-12-20(16)24-22(14)18-10-7-11-19(18)23-15(2)17-9-4-6-13-21(17)25-23/h3-6,8-9,12-13H,7,10-11H2,1-2H3. The van der Waals surface area contributed by atoms with Crippen LogP contribution in [0.2, 0.25) is 0 Å². The van der Waals surface area contributed by atoms with Crippen molar-refractivity contribution < 1.29 is 8.83 Å². The molecular weight excluding hydrogens is 308 g/mol. The highest BCUT2D eigenvalue weighted by molar-refractivity contribution is 5.98. The number of allylic oxidation sites excluding steroid dienone is 2. The Bertz CT molecular complexity index is 1050. The molecule has 0 atom stereocenters. The lowest BCUT2D eigenvalue weighted by atomic mass is 10.0. The van der Waals surface area contributed by atoms with E-state index in [9.17, 15) is 0 Å². The monoisotopic (exact) mass is 328 g/mol. The van der Waals surface area contributed by atoms with Crippen molar-refractivity contribution in [2.24, 2.45) is 0 Å². The van der Waals surface area contributed by atoms with Crippen LogP contribution < -0.4 is 0 Å². The Morgan fingerprint density at radius 3 is 1.52 bits per heavy atom. The molecule has 0 saturated carbocycles. The molecule has 0 fully saturated rings. The van der Waals surface area contributed by atoms with Gasteiger partial charge in [0.1, 0.15) is 22.7 Å². The van der Waals surface area contributed by atoms with Crippen LogP contribution in [0.1, 0.15) is 41.9 Å². The van der Waals surface area contributed by atoms with Gasteiger partial charge in [-0.1, -0.05) is 36.4 Å². The lowest BCUT2D eigenvalue weighted by Crippen LogP contribution is -1.87. The summed E-state index contributed by atoms with van der Waals surface area (Å²) in [4.78, 5) is 0. The molecule has 2 heterocycles. The average molecular weight is 328 g/mol. The predicted octanol–water partition coefficient (Wildman–Crippen LogP) is 6.89. The molecule has 2 nitrogen and oxygen atoms in total. The Balaban J connectivity index is 1.75. The van der Waals surface area contributed by atoms with Gasteiger partial charge in [-0.2, -0.15) is 0 Å². The summed E-state index contributed by atoms with van der Waals surface area (Å²) in [6.45, 7) is 4.32. The van der Waals surface area contributed by atoms with Crippen molar-refractivity contribution in [2.45, 2.75) is 33.1 Å². The largest absolute Gasteiger partial charge is 0.456 e. The molecule has 25 heavy (non-hydrogen) atoms. The van der Waals surface area contributed by atoms with Crippen LogP contribution in [0.15, 0.2) is 57.4 Å². The Labute approximate surface area is 146 Å². The normalized spacial score (nSPS) is 15.0. The number of hydrogen-bond donors (Lipinski definition) is 0. The second-order valence-corrected chi connectivity index (χ2v) is 6.92. The summed E-state index contributed by atoms with van der Waals surface area (Å²) in [5.41, 5.74) is 7.04. The molecule has 2 aromatic carbocycles. The van der Waals surface area contributed by atoms with Gasteiger partial charge in [0, 0.05) is 33.0 Å². The van der Waals surface area contributed by atoms with E-state index in [1.807, 2.05) is 24.3 Å². The topological polar surface area (TPSA) is 26.3 Å². The fourth-order valence-corrected chi connectivity index (χ4v) is 4.17. The van der Waals surface area contributed by atoms with Crippen molar-refractivity contribution in [1.29, 1.82) is 0 Å². The van der Waals surface area contributed by atoms with Crippen LogP contribution in [0.4, 0.5) is 0 Å². The number of furan rings is 2. The van der Waals surface area contributed by atoms with Crippen LogP contribution in [0.3, 0.4) is 0 Å². The number of fused-ring (bicyclic) bond motifs is 2. The lowest BCUT2D eigenvalue weighted by Gasteiger charge is -2.05. The SMILES string of the molecule is Cc1c(C2=C(c3oc4ccccc4c3C)CCC2)oc2ccccc12. The van der Waals surface area contributed by atoms with E-state index in [-0.39, 0.29) is 0 Å². The summed E-state index contributed by atoms with van der Waals surface area (Å²) in [5.74, 6) is 2.07. The fraction of sp³-hybridized carbons (Fsp3) is 0.217. The highest BCUT2D eigenvalue weighted by Gasteiger charge is 2.26. The van der Waals surface area contributed by atoms with E-state index in [1.165, 1.54) is 33.0 Å². The van der Waals surface area contributed by atoms with Crippen LogP contribution in [0.5, 0.6) is 0 Å². The molecule has 0 saturated heterocycles. The van der Waals surface area contributed by atoms with Crippen molar-refractivity contribution in [2.75, 3.05) is 0 Å². The first-order chi connectivity index (χ1) is 12.2. The molecule has 4 aromatic rings. The summed E-state index contributed by atoms with van der Waals surface area (Å²) in [7, 11) is 0. The van der Waals surface area contributed by atoms with Gasteiger partial charge in [0.25, 0.3) is 0 Å². The van der Waals surface area contributed by atoms with Gasteiger partial charge in [-0.3, -0.25) is 0 Å². The van der Waals surface area contributed by atoms with E-state index >= 15 is 0 Å². The Morgan fingerprint density at radius 1 is 0.640 bits per heavy atom. The van der Waals surface area contributed by atoms with E-state index in [0.717, 1.165) is 41.9 Å². The maximum Gasteiger partial charge on any atom is 0.135 e. The predicted molar refractivity (Wildman–Crippen MR) is 103 cm³/mol. The summed E-state index contributed by atoms with van der Waals surface area (Å²) in [5, 5.41) is 2.41. The molecule has 0 radical (unpaired) electrons. The second kappa shape index (κ2) is 5.38.